The fourth-order valence-electron chi connectivity index (χ4n) is 3.85. The molecule has 2 aliphatic heterocycles. The van der Waals surface area contributed by atoms with Crippen molar-refractivity contribution in [1.29, 1.82) is 0 Å². The summed E-state index contributed by atoms with van der Waals surface area (Å²) in [7, 11) is -3.06. The molecule has 0 aliphatic carbocycles. The van der Waals surface area contributed by atoms with Gasteiger partial charge in [-0.25, -0.2) is 17.7 Å². The van der Waals surface area contributed by atoms with Gasteiger partial charge in [-0.15, -0.1) is 0 Å². The number of H-pyrrole nitrogens is 1. The molecule has 3 heterocycles. The maximum atomic E-state index is 12.3. The molecule has 2 aromatic rings. The van der Waals surface area contributed by atoms with E-state index < -0.39 is 10.0 Å². The molecule has 0 saturated carbocycles. The first-order valence-electron chi connectivity index (χ1n) is 8.75. The van der Waals surface area contributed by atoms with E-state index in [0.717, 1.165) is 19.4 Å². The lowest BCUT2D eigenvalue weighted by Crippen LogP contribution is -2.36. The molecular formula is C17H22N4O3S. The molecule has 1 aromatic heterocycles. The van der Waals surface area contributed by atoms with E-state index in [0.29, 0.717) is 42.8 Å². The number of aromatic amines is 1. The lowest BCUT2D eigenvalue weighted by atomic mass is 10.2. The minimum Gasteiger partial charge on any atom is -0.309 e. The first-order chi connectivity index (χ1) is 12.0. The molecule has 2 fully saturated rings. The number of aromatic nitrogens is 2. The van der Waals surface area contributed by atoms with E-state index in [1.54, 1.807) is 10.4 Å². The number of fused-ring (bicyclic) bond motifs is 1. The van der Waals surface area contributed by atoms with E-state index in [1.807, 2.05) is 18.2 Å². The van der Waals surface area contributed by atoms with Crippen molar-refractivity contribution in [2.75, 3.05) is 31.9 Å². The molecule has 1 aromatic carbocycles. The highest BCUT2D eigenvalue weighted by atomic mass is 32.2. The Morgan fingerprint density at radius 1 is 1.16 bits per heavy atom. The van der Waals surface area contributed by atoms with E-state index in [-0.39, 0.29) is 17.4 Å². The number of rotatable bonds is 4. The topological polar surface area (TPSA) is 86.4 Å². The SMILES string of the molecule is O=c1[nH]c(C2CCCN2CCN2CCCS2(=O)=O)nc2ccccc12. The molecule has 1 unspecified atom stereocenters. The number of hydrogen-bond donors (Lipinski definition) is 1. The van der Waals surface area contributed by atoms with Crippen molar-refractivity contribution in [3.8, 4) is 0 Å². The van der Waals surface area contributed by atoms with Crippen molar-refractivity contribution in [2.24, 2.45) is 0 Å². The Bertz CT molecular complexity index is 940. The molecule has 1 N–H and O–H groups in total. The van der Waals surface area contributed by atoms with E-state index >= 15 is 0 Å². The van der Waals surface area contributed by atoms with Gasteiger partial charge in [-0.05, 0) is 37.9 Å². The summed E-state index contributed by atoms with van der Waals surface area (Å²) in [4.78, 5) is 22.1. The van der Waals surface area contributed by atoms with Gasteiger partial charge in [0.2, 0.25) is 10.0 Å². The highest BCUT2D eigenvalue weighted by Gasteiger charge is 2.32. The van der Waals surface area contributed by atoms with Gasteiger partial charge in [0.1, 0.15) is 5.82 Å². The van der Waals surface area contributed by atoms with Crippen molar-refractivity contribution in [3.05, 3.63) is 40.4 Å². The van der Waals surface area contributed by atoms with Gasteiger partial charge in [0.05, 0.1) is 22.7 Å². The maximum absolute atomic E-state index is 12.3. The predicted octanol–water partition coefficient (Wildman–Crippen LogP) is 1.10. The minimum atomic E-state index is -3.06. The minimum absolute atomic E-state index is 0.0441. The zero-order valence-electron chi connectivity index (χ0n) is 14.0. The summed E-state index contributed by atoms with van der Waals surface area (Å²) >= 11 is 0. The summed E-state index contributed by atoms with van der Waals surface area (Å²) in [5.41, 5.74) is 0.588. The monoisotopic (exact) mass is 362 g/mol. The van der Waals surface area contributed by atoms with Crippen LogP contribution in [0.4, 0.5) is 0 Å². The van der Waals surface area contributed by atoms with Crippen LogP contribution in [0.15, 0.2) is 29.1 Å². The number of nitrogens with one attached hydrogen (secondary N) is 1. The standard InChI is InChI=1S/C17H22N4O3S/c22-17-13-5-1-2-6-14(13)18-16(19-17)15-7-3-8-20(15)10-11-21-9-4-12-25(21,23)24/h1-2,5-6,15H,3-4,7-12H2,(H,18,19,22). The molecule has 0 spiro atoms. The van der Waals surface area contributed by atoms with Gasteiger partial charge in [-0.3, -0.25) is 9.69 Å². The molecule has 0 amide bonds. The Hall–Kier alpha value is -1.77. The van der Waals surface area contributed by atoms with E-state index in [9.17, 15) is 13.2 Å². The van der Waals surface area contributed by atoms with Crippen LogP contribution in [0.25, 0.3) is 10.9 Å². The van der Waals surface area contributed by atoms with Crippen LogP contribution in [0.1, 0.15) is 31.1 Å². The van der Waals surface area contributed by atoms with Crippen LogP contribution in [0, 0.1) is 0 Å². The third-order valence-electron chi connectivity index (χ3n) is 5.15. The van der Waals surface area contributed by atoms with E-state index in [4.69, 9.17) is 0 Å². The molecule has 1 atom stereocenters. The van der Waals surface area contributed by atoms with Gasteiger partial charge in [0.15, 0.2) is 0 Å². The Morgan fingerprint density at radius 3 is 2.80 bits per heavy atom. The molecule has 0 radical (unpaired) electrons. The second-order valence-electron chi connectivity index (χ2n) is 6.73. The summed E-state index contributed by atoms with van der Waals surface area (Å²) in [6.45, 7) is 2.69. The average molecular weight is 362 g/mol. The number of nitrogens with zero attached hydrogens (tertiary/aromatic N) is 3. The first-order valence-corrected chi connectivity index (χ1v) is 10.4. The Balaban J connectivity index is 1.54. The van der Waals surface area contributed by atoms with Crippen LogP contribution >= 0.6 is 0 Å². The van der Waals surface area contributed by atoms with E-state index in [1.165, 1.54) is 0 Å². The van der Waals surface area contributed by atoms with Gasteiger partial charge in [0.25, 0.3) is 5.56 Å². The fourth-order valence-corrected chi connectivity index (χ4v) is 5.37. The zero-order chi connectivity index (χ0) is 17.4. The summed E-state index contributed by atoms with van der Waals surface area (Å²) in [6.07, 6.45) is 2.66. The summed E-state index contributed by atoms with van der Waals surface area (Å²) < 4.78 is 25.5. The largest absolute Gasteiger partial charge is 0.309 e. The van der Waals surface area contributed by atoms with Gasteiger partial charge >= 0.3 is 0 Å². The quantitative estimate of drug-likeness (QED) is 0.880. The van der Waals surface area contributed by atoms with Crippen LogP contribution in [0.5, 0.6) is 0 Å². The van der Waals surface area contributed by atoms with Crippen molar-refractivity contribution < 1.29 is 8.42 Å². The molecule has 0 bridgehead atoms. The second-order valence-corrected chi connectivity index (χ2v) is 8.82. The lowest BCUT2D eigenvalue weighted by Gasteiger charge is -2.25. The molecule has 8 heteroatoms. The number of likely N-dealkylation sites (tertiary alicyclic amines) is 1. The highest BCUT2D eigenvalue weighted by Crippen LogP contribution is 2.29. The van der Waals surface area contributed by atoms with Crippen LogP contribution in [-0.2, 0) is 10.0 Å². The Kier molecular flexibility index (Phi) is 4.35. The van der Waals surface area contributed by atoms with Gasteiger partial charge in [-0.2, -0.15) is 0 Å². The molecular weight excluding hydrogens is 340 g/mol. The van der Waals surface area contributed by atoms with Gasteiger partial charge < -0.3 is 4.98 Å². The van der Waals surface area contributed by atoms with Crippen molar-refractivity contribution >= 4 is 20.9 Å². The van der Waals surface area contributed by atoms with Gasteiger partial charge in [0, 0.05) is 19.6 Å². The smallest absolute Gasteiger partial charge is 0.258 e. The zero-order valence-corrected chi connectivity index (χ0v) is 14.8. The summed E-state index contributed by atoms with van der Waals surface area (Å²) in [5.74, 6) is 0.946. The number of para-hydroxylation sites is 1. The number of hydrogen-bond acceptors (Lipinski definition) is 5. The van der Waals surface area contributed by atoms with Crippen LogP contribution in [0.2, 0.25) is 0 Å². The van der Waals surface area contributed by atoms with Crippen LogP contribution in [-0.4, -0.2) is 59.5 Å². The number of benzene rings is 1. The van der Waals surface area contributed by atoms with E-state index in [2.05, 4.69) is 14.9 Å². The van der Waals surface area contributed by atoms with Gasteiger partial charge in [-0.1, -0.05) is 12.1 Å². The first kappa shape index (κ1) is 16.7. The van der Waals surface area contributed by atoms with Crippen LogP contribution in [0.3, 0.4) is 0 Å². The Morgan fingerprint density at radius 2 is 2.00 bits per heavy atom. The van der Waals surface area contributed by atoms with Crippen molar-refractivity contribution in [3.63, 3.8) is 0 Å². The fraction of sp³-hybridized carbons (Fsp3) is 0.529. The normalized spacial score (nSPS) is 24.2. The molecule has 134 valence electrons. The van der Waals surface area contributed by atoms with Crippen LogP contribution < -0.4 is 5.56 Å². The molecule has 2 aliphatic rings. The molecule has 4 rings (SSSR count). The predicted molar refractivity (Wildman–Crippen MR) is 95.9 cm³/mol. The molecule has 2 saturated heterocycles. The second kappa shape index (κ2) is 6.51. The average Bonchev–Trinajstić information content (AvgIpc) is 3.18. The lowest BCUT2D eigenvalue weighted by molar-refractivity contribution is 0.231. The molecule has 7 nitrogen and oxygen atoms in total. The molecule has 25 heavy (non-hydrogen) atoms. The van der Waals surface area contributed by atoms with Crippen molar-refractivity contribution in [1.82, 2.24) is 19.2 Å². The van der Waals surface area contributed by atoms with Crippen molar-refractivity contribution in [2.45, 2.75) is 25.3 Å². The number of sulfonamides is 1. The highest BCUT2D eigenvalue weighted by molar-refractivity contribution is 7.89. The third kappa shape index (κ3) is 3.21. The summed E-state index contributed by atoms with van der Waals surface area (Å²) in [6, 6.07) is 7.38. The third-order valence-corrected chi connectivity index (χ3v) is 7.11. The Labute approximate surface area is 146 Å². The maximum Gasteiger partial charge on any atom is 0.258 e. The summed E-state index contributed by atoms with van der Waals surface area (Å²) in [5, 5.41) is 0.596.